The van der Waals surface area contributed by atoms with E-state index in [1.807, 2.05) is 17.5 Å². The molecule has 1 N–H and O–H groups in total. The summed E-state index contributed by atoms with van der Waals surface area (Å²) in [7, 11) is 0. The number of halogens is 3. The monoisotopic (exact) mass is 322 g/mol. The second-order valence-corrected chi connectivity index (χ2v) is 5.17. The van der Waals surface area contributed by atoms with Crippen LogP contribution in [0.4, 0.5) is 24.1 Å². The third kappa shape index (κ3) is 3.22. The van der Waals surface area contributed by atoms with Gasteiger partial charge in [-0.2, -0.15) is 13.2 Å². The summed E-state index contributed by atoms with van der Waals surface area (Å²) >= 11 is 1.32. The first-order chi connectivity index (χ1) is 10.5. The van der Waals surface area contributed by atoms with E-state index in [-0.39, 0.29) is 0 Å². The van der Waals surface area contributed by atoms with E-state index in [1.165, 1.54) is 17.4 Å². The molecule has 0 spiro atoms. The smallest absolute Gasteiger partial charge is 0.316 e. The summed E-state index contributed by atoms with van der Waals surface area (Å²) in [5.41, 5.74) is 0.638. The van der Waals surface area contributed by atoms with Crippen LogP contribution in [0.5, 0.6) is 0 Å². The molecule has 4 nitrogen and oxygen atoms in total. The van der Waals surface area contributed by atoms with E-state index in [0.29, 0.717) is 16.6 Å². The highest BCUT2D eigenvalue weighted by Crippen LogP contribution is 2.30. The van der Waals surface area contributed by atoms with Crippen molar-refractivity contribution in [2.75, 3.05) is 5.32 Å². The highest BCUT2D eigenvalue weighted by atomic mass is 32.1. The minimum atomic E-state index is -4.39. The summed E-state index contributed by atoms with van der Waals surface area (Å²) in [4.78, 5) is 12.3. The third-order valence-corrected chi connectivity index (χ3v) is 3.52. The van der Waals surface area contributed by atoms with E-state index in [2.05, 4.69) is 20.3 Å². The van der Waals surface area contributed by atoms with Crippen LogP contribution in [-0.2, 0) is 6.18 Å². The van der Waals surface area contributed by atoms with Gasteiger partial charge in [0.05, 0.1) is 11.3 Å². The van der Waals surface area contributed by atoms with E-state index in [4.69, 9.17) is 0 Å². The van der Waals surface area contributed by atoms with Crippen LogP contribution in [0.25, 0.3) is 11.4 Å². The fourth-order valence-corrected chi connectivity index (χ4v) is 2.42. The van der Waals surface area contributed by atoms with Crippen molar-refractivity contribution < 1.29 is 13.2 Å². The van der Waals surface area contributed by atoms with Crippen molar-refractivity contribution in [3.8, 4) is 11.4 Å². The lowest BCUT2D eigenvalue weighted by Crippen LogP contribution is -2.05. The molecule has 0 bridgehead atoms. The van der Waals surface area contributed by atoms with Crippen molar-refractivity contribution in [2.24, 2.45) is 0 Å². The average Bonchev–Trinajstić information content (AvgIpc) is 2.96. The molecule has 0 saturated carbocycles. The first-order valence-electron chi connectivity index (χ1n) is 6.19. The molecular weight excluding hydrogens is 313 g/mol. The molecule has 0 fully saturated rings. The molecule has 3 aromatic rings. The number of hydrogen-bond donors (Lipinski definition) is 1. The van der Waals surface area contributed by atoms with Crippen LogP contribution in [0.15, 0.2) is 48.1 Å². The van der Waals surface area contributed by atoms with Gasteiger partial charge in [0.15, 0.2) is 5.13 Å². The minimum absolute atomic E-state index is 0.301. The first kappa shape index (κ1) is 14.5. The maximum absolute atomic E-state index is 12.5. The average molecular weight is 322 g/mol. The molecule has 112 valence electrons. The number of hydrogen-bond acceptors (Lipinski definition) is 5. The lowest BCUT2D eigenvalue weighted by atomic mass is 10.3. The number of rotatable bonds is 3. The highest BCUT2D eigenvalue weighted by molar-refractivity contribution is 7.14. The molecule has 0 saturated heterocycles. The molecule has 0 aliphatic carbocycles. The van der Waals surface area contributed by atoms with Crippen molar-refractivity contribution >= 4 is 22.3 Å². The van der Waals surface area contributed by atoms with E-state index < -0.39 is 11.7 Å². The standard InChI is InChI=1S/C14H9F3N4S/c15-14(16,17)9-4-5-12(19-7-9)21-13-20-11(8-22-13)10-3-1-2-6-18-10/h1-8H,(H,19,20,21). The Balaban J connectivity index is 1.76. The quantitative estimate of drug-likeness (QED) is 0.778. The molecule has 0 radical (unpaired) electrons. The molecule has 0 atom stereocenters. The molecule has 0 unspecified atom stereocenters. The molecule has 8 heteroatoms. The highest BCUT2D eigenvalue weighted by Gasteiger charge is 2.30. The largest absolute Gasteiger partial charge is 0.417 e. The fourth-order valence-electron chi connectivity index (χ4n) is 1.71. The number of pyridine rings is 2. The Labute approximate surface area is 127 Å². The number of nitrogens with zero attached hydrogens (tertiary/aromatic N) is 3. The molecule has 22 heavy (non-hydrogen) atoms. The summed E-state index contributed by atoms with van der Waals surface area (Å²) in [5, 5.41) is 5.22. The Morgan fingerprint density at radius 1 is 1.00 bits per heavy atom. The van der Waals surface area contributed by atoms with E-state index in [9.17, 15) is 13.2 Å². The first-order valence-corrected chi connectivity index (χ1v) is 7.07. The summed E-state index contributed by atoms with van der Waals surface area (Å²) in [5.74, 6) is 0.301. The zero-order chi connectivity index (χ0) is 15.6. The third-order valence-electron chi connectivity index (χ3n) is 2.76. The van der Waals surface area contributed by atoms with Gasteiger partial charge in [0.25, 0.3) is 0 Å². The Bertz CT molecular complexity index is 754. The van der Waals surface area contributed by atoms with Gasteiger partial charge >= 0.3 is 6.18 Å². The van der Waals surface area contributed by atoms with Crippen LogP contribution in [-0.4, -0.2) is 15.0 Å². The van der Waals surface area contributed by atoms with Gasteiger partial charge in [0.2, 0.25) is 0 Å². The number of thiazole rings is 1. The van der Waals surface area contributed by atoms with E-state index in [1.54, 1.807) is 12.3 Å². The predicted octanol–water partition coefficient (Wildman–Crippen LogP) is 4.36. The molecule has 3 aromatic heterocycles. The molecular formula is C14H9F3N4S. The second kappa shape index (κ2) is 5.72. The summed E-state index contributed by atoms with van der Waals surface area (Å²) < 4.78 is 37.4. The molecule has 3 heterocycles. The lowest BCUT2D eigenvalue weighted by Gasteiger charge is -2.06. The van der Waals surface area contributed by atoms with Crippen LogP contribution >= 0.6 is 11.3 Å². The zero-order valence-electron chi connectivity index (χ0n) is 11.0. The lowest BCUT2D eigenvalue weighted by molar-refractivity contribution is -0.137. The fraction of sp³-hybridized carbons (Fsp3) is 0.0714. The number of alkyl halides is 3. The van der Waals surface area contributed by atoms with Crippen LogP contribution in [0.3, 0.4) is 0 Å². The SMILES string of the molecule is FC(F)(F)c1ccc(Nc2nc(-c3ccccn3)cs2)nc1. The van der Waals surface area contributed by atoms with E-state index >= 15 is 0 Å². The summed E-state index contributed by atoms with van der Waals surface area (Å²) in [6, 6.07) is 7.73. The molecule has 0 aliphatic heterocycles. The maximum atomic E-state index is 12.5. The van der Waals surface area contributed by atoms with Gasteiger partial charge in [0.1, 0.15) is 11.5 Å². The van der Waals surface area contributed by atoms with Gasteiger partial charge in [0, 0.05) is 17.8 Å². The van der Waals surface area contributed by atoms with Crippen LogP contribution < -0.4 is 5.32 Å². The van der Waals surface area contributed by atoms with Gasteiger partial charge in [-0.25, -0.2) is 9.97 Å². The normalized spacial score (nSPS) is 11.4. The Morgan fingerprint density at radius 3 is 2.50 bits per heavy atom. The van der Waals surface area contributed by atoms with Crippen molar-refractivity contribution in [2.45, 2.75) is 6.18 Å². The van der Waals surface area contributed by atoms with Crippen molar-refractivity contribution in [1.82, 2.24) is 15.0 Å². The summed E-state index contributed by atoms with van der Waals surface area (Å²) in [6.07, 6.45) is -1.94. The van der Waals surface area contributed by atoms with Gasteiger partial charge in [-0.1, -0.05) is 6.07 Å². The summed E-state index contributed by atoms with van der Waals surface area (Å²) in [6.45, 7) is 0. The zero-order valence-corrected chi connectivity index (χ0v) is 11.8. The minimum Gasteiger partial charge on any atom is -0.316 e. The van der Waals surface area contributed by atoms with Gasteiger partial charge in [-0.05, 0) is 24.3 Å². The Hall–Kier alpha value is -2.48. The van der Waals surface area contributed by atoms with Crippen molar-refractivity contribution in [3.05, 3.63) is 53.7 Å². The van der Waals surface area contributed by atoms with Gasteiger partial charge in [-0.3, -0.25) is 4.98 Å². The topological polar surface area (TPSA) is 50.7 Å². The number of anilines is 2. The van der Waals surface area contributed by atoms with Crippen molar-refractivity contribution in [1.29, 1.82) is 0 Å². The molecule has 0 aliphatic rings. The van der Waals surface area contributed by atoms with Crippen LogP contribution in [0.2, 0.25) is 0 Å². The Morgan fingerprint density at radius 2 is 1.86 bits per heavy atom. The molecule has 0 aromatic carbocycles. The van der Waals surface area contributed by atoms with Crippen LogP contribution in [0, 0.1) is 0 Å². The second-order valence-electron chi connectivity index (χ2n) is 4.31. The number of nitrogens with one attached hydrogen (secondary N) is 1. The van der Waals surface area contributed by atoms with Gasteiger partial charge < -0.3 is 5.32 Å². The van der Waals surface area contributed by atoms with Crippen LogP contribution in [0.1, 0.15) is 5.56 Å². The molecule has 0 amide bonds. The Kier molecular flexibility index (Phi) is 3.76. The van der Waals surface area contributed by atoms with Gasteiger partial charge in [-0.15, -0.1) is 11.3 Å². The predicted molar refractivity (Wildman–Crippen MR) is 77.9 cm³/mol. The van der Waals surface area contributed by atoms with E-state index in [0.717, 1.165) is 18.0 Å². The van der Waals surface area contributed by atoms with Crippen molar-refractivity contribution in [3.63, 3.8) is 0 Å². The number of aromatic nitrogens is 3. The maximum Gasteiger partial charge on any atom is 0.417 e. The molecule has 3 rings (SSSR count).